The molecule has 3 rings (SSSR count). The summed E-state index contributed by atoms with van der Waals surface area (Å²) in [5, 5.41) is 9.43. The summed E-state index contributed by atoms with van der Waals surface area (Å²) >= 11 is 0. The summed E-state index contributed by atoms with van der Waals surface area (Å²) in [6.07, 6.45) is 4.67. The summed E-state index contributed by atoms with van der Waals surface area (Å²) in [5.41, 5.74) is 1.19. The molecule has 2 aliphatic rings. The van der Waals surface area contributed by atoms with Crippen LogP contribution in [0, 0.1) is 0 Å². The molecule has 2 heterocycles. The molecule has 0 amide bonds. The van der Waals surface area contributed by atoms with E-state index in [2.05, 4.69) is 0 Å². The van der Waals surface area contributed by atoms with Crippen LogP contribution in [0.15, 0.2) is 18.2 Å². The van der Waals surface area contributed by atoms with Crippen molar-refractivity contribution in [2.45, 2.75) is 37.9 Å². The number of phenols is 1. The zero-order valence-corrected chi connectivity index (χ0v) is 9.19. The highest BCUT2D eigenvalue weighted by atomic mass is 16.5. The van der Waals surface area contributed by atoms with Crippen molar-refractivity contribution in [3.8, 4) is 11.5 Å². The maximum atomic E-state index is 9.43. The normalized spacial score (nSPS) is 28.5. The maximum Gasteiger partial charge on any atom is 0.126 e. The Kier molecular flexibility index (Phi) is 2.48. The average molecular weight is 220 g/mol. The number of benzene rings is 1. The van der Waals surface area contributed by atoms with Crippen molar-refractivity contribution in [3.63, 3.8) is 0 Å². The molecule has 0 saturated carbocycles. The van der Waals surface area contributed by atoms with Crippen LogP contribution < -0.4 is 4.74 Å². The summed E-state index contributed by atoms with van der Waals surface area (Å²) in [5.74, 6) is 1.10. The molecular formula is C13H16O3. The van der Waals surface area contributed by atoms with Gasteiger partial charge < -0.3 is 14.6 Å². The van der Waals surface area contributed by atoms with Crippen molar-refractivity contribution in [1.29, 1.82) is 0 Å². The summed E-state index contributed by atoms with van der Waals surface area (Å²) in [7, 11) is 0. The predicted octanol–water partition coefficient (Wildman–Crippen LogP) is 2.26. The molecule has 3 heteroatoms. The largest absolute Gasteiger partial charge is 0.508 e. The molecule has 0 bridgehead atoms. The lowest BCUT2D eigenvalue weighted by Gasteiger charge is -2.29. The molecule has 1 aromatic carbocycles. The molecule has 16 heavy (non-hydrogen) atoms. The SMILES string of the molecule is Oc1ccc2c(c1)OC(C1CCCO1)CC2. The number of aryl methyl sites for hydroxylation is 1. The lowest BCUT2D eigenvalue weighted by Crippen LogP contribution is -2.34. The summed E-state index contributed by atoms with van der Waals surface area (Å²) < 4.78 is 11.6. The zero-order valence-electron chi connectivity index (χ0n) is 9.19. The van der Waals surface area contributed by atoms with Gasteiger partial charge in [0.1, 0.15) is 17.6 Å². The van der Waals surface area contributed by atoms with E-state index in [1.165, 1.54) is 5.56 Å². The molecular weight excluding hydrogens is 204 g/mol. The van der Waals surface area contributed by atoms with Crippen LogP contribution in [-0.2, 0) is 11.2 Å². The highest BCUT2D eigenvalue weighted by Gasteiger charge is 2.30. The first-order chi connectivity index (χ1) is 7.83. The number of rotatable bonds is 1. The first-order valence-corrected chi connectivity index (χ1v) is 5.93. The Balaban J connectivity index is 1.79. The van der Waals surface area contributed by atoms with Gasteiger partial charge in [-0.15, -0.1) is 0 Å². The number of phenolic OH excluding ortho intramolecular Hbond substituents is 1. The topological polar surface area (TPSA) is 38.7 Å². The molecule has 0 aromatic heterocycles. The van der Waals surface area contributed by atoms with Crippen LogP contribution in [0.2, 0.25) is 0 Å². The summed E-state index contributed by atoms with van der Waals surface area (Å²) in [6, 6.07) is 5.36. The Bertz CT molecular complexity index is 383. The Labute approximate surface area is 95.0 Å². The van der Waals surface area contributed by atoms with Crippen molar-refractivity contribution in [1.82, 2.24) is 0 Å². The first kappa shape index (κ1) is 9.97. The van der Waals surface area contributed by atoms with Crippen LogP contribution in [0.4, 0.5) is 0 Å². The van der Waals surface area contributed by atoms with Gasteiger partial charge in [-0.2, -0.15) is 0 Å². The quantitative estimate of drug-likeness (QED) is 0.789. The first-order valence-electron chi connectivity index (χ1n) is 5.93. The van der Waals surface area contributed by atoms with Gasteiger partial charge in [-0.05, 0) is 37.3 Å². The minimum Gasteiger partial charge on any atom is -0.508 e. The molecule has 0 aliphatic carbocycles. The number of ether oxygens (including phenoxy) is 2. The standard InChI is InChI=1S/C13H16O3/c14-10-5-3-9-4-6-12(16-13(9)8-10)11-2-1-7-15-11/h3,5,8,11-12,14H,1-2,4,6-7H2. The van der Waals surface area contributed by atoms with Crippen molar-refractivity contribution in [2.24, 2.45) is 0 Å². The third-order valence-electron chi connectivity index (χ3n) is 3.41. The van der Waals surface area contributed by atoms with Gasteiger partial charge in [0.25, 0.3) is 0 Å². The number of fused-ring (bicyclic) bond motifs is 1. The minimum atomic E-state index is 0.164. The molecule has 1 saturated heterocycles. The molecule has 2 unspecified atom stereocenters. The Morgan fingerprint density at radius 3 is 2.94 bits per heavy atom. The summed E-state index contributed by atoms with van der Waals surface area (Å²) in [4.78, 5) is 0. The van der Waals surface area contributed by atoms with Gasteiger partial charge in [0.2, 0.25) is 0 Å². The van der Waals surface area contributed by atoms with Crippen molar-refractivity contribution >= 4 is 0 Å². The third-order valence-corrected chi connectivity index (χ3v) is 3.41. The molecule has 1 aromatic rings. The molecule has 86 valence electrons. The molecule has 1 N–H and O–H groups in total. The van der Waals surface area contributed by atoms with Gasteiger partial charge in [-0.1, -0.05) is 6.07 Å². The van der Waals surface area contributed by atoms with Crippen molar-refractivity contribution < 1.29 is 14.6 Å². The lowest BCUT2D eigenvalue weighted by atomic mass is 9.98. The Morgan fingerprint density at radius 2 is 2.12 bits per heavy atom. The van der Waals surface area contributed by atoms with E-state index in [1.807, 2.05) is 6.07 Å². The van der Waals surface area contributed by atoms with Crippen LogP contribution in [0.25, 0.3) is 0 Å². The Hall–Kier alpha value is -1.22. The van der Waals surface area contributed by atoms with E-state index in [9.17, 15) is 5.11 Å². The second-order valence-corrected chi connectivity index (χ2v) is 4.54. The van der Waals surface area contributed by atoms with Gasteiger partial charge in [0.15, 0.2) is 0 Å². The van der Waals surface area contributed by atoms with Gasteiger partial charge in [0.05, 0.1) is 6.10 Å². The molecule has 2 aliphatic heterocycles. The van der Waals surface area contributed by atoms with Crippen molar-refractivity contribution in [3.05, 3.63) is 23.8 Å². The monoisotopic (exact) mass is 220 g/mol. The van der Waals surface area contributed by atoms with Gasteiger partial charge in [-0.25, -0.2) is 0 Å². The van der Waals surface area contributed by atoms with E-state index in [0.29, 0.717) is 0 Å². The number of hydrogen-bond donors (Lipinski definition) is 1. The van der Waals surface area contributed by atoms with E-state index >= 15 is 0 Å². The minimum absolute atomic E-state index is 0.164. The van der Waals surface area contributed by atoms with Gasteiger partial charge in [-0.3, -0.25) is 0 Å². The van der Waals surface area contributed by atoms with Gasteiger partial charge >= 0.3 is 0 Å². The predicted molar refractivity (Wildman–Crippen MR) is 59.8 cm³/mol. The molecule has 2 atom stereocenters. The molecule has 0 spiro atoms. The van der Waals surface area contributed by atoms with Crippen LogP contribution in [0.5, 0.6) is 11.5 Å². The lowest BCUT2D eigenvalue weighted by molar-refractivity contribution is 0.00271. The summed E-state index contributed by atoms with van der Waals surface area (Å²) in [6.45, 7) is 0.859. The fourth-order valence-corrected chi connectivity index (χ4v) is 2.54. The molecule has 0 radical (unpaired) electrons. The second-order valence-electron chi connectivity index (χ2n) is 4.54. The molecule has 3 nitrogen and oxygen atoms in total. The smallest absolute Gasteiger partial charge is 0.126 e. The van der Waals surface area contributed by atoms with Crippen LogP contribution in [-0.4, -0.2) is 23.9 Å². The fourth-order valence-electron chi connectivity index (χ4n) is 2.54. The van der Waals surface area contributed by atoms with Crippen LogP contribution in [0.3, 0.4) is 0 Å². The highest BCUT2D eigenvalue weighted by molar-refractivity contribution is 5.41. The average Bonchev–Trinajstić information content (AvgIpc) is 2.81. The van der Waals surface area contributed by atoms with Crippen molar-refractivity contribution in [2.75, 3.05) is 6.61 Å². The van der Waals surface area contributed by atoms with Gasteiger partial charge in [0, 0.05) is 12.7 Å². The van der Waals surface area contributed by atoms with E-state index in [1.54, 1.807) is 12.1 Å². The van der Waals surface area contributed by atoms with E-state index in [0.717, 1.165) is 38.0 Å². The van der Waals surface area contributed by atoms with Crippen LogP contribution >= 0.6 is 0 Å². The van der Waals surface area contributed by atoms with E-state index in [4.69, 9.17) is 9.47 Å². The maximum absolute atomic E-state index is 9.43. The zero-order chi connectivity index (χ0) is 11.0. The second kappa shape index (κ2) is 3.98. The third kappa shape index (κ3) is 1.76. The van der Waals surface area contributed by atoms with Crippen LogP contribution in [0.1, 0.15) is 24.8 Å². The highest BCUT2D eigenvalue weighted by Crippen LogP contribution is 2.33. The van der Waals surface area contributed by atoms with E-state index < -0.39 is 0 Å². The number of hydrogen-bond acceptors (Lipinski definition) is 3. The number of aromatic hydroxyl groups is 1. The fraction of sp³-hybridized carbons (Fsp3) is 0.538. The molecule has 1 fully saturated rings. The van der Waals surface area contributed by atoms with E-state index in [-0.39, 0.29) is 18.0 Å². The Morgan fingerprint density at radius 1 is 1.19 bits per heavy atom.